The molecular weight excluding hydrogens is 186 g/mol. The summed E-state index contributed by atoms with van der Waals surface area (Å²) in [5.41, 5.74) is 6.16. The fourth-order valence-corrected chi connectivity index (χ4v) is 2.31. The highest BCUT2D eigenvalue weighted by atomic mass is 15.1. The number of nitrogens with one attached hydrogen (secondary N) is 1. The van der Waals surface area contributed by atoms with Gasteiger partial charge in [0.25, 0.3) is 0 Å². The molecule has 0 aromatic carbocycles. The van der Waals surface area contributed by atoms with E-state index in [2.05, 4.69) is 31.2 Å². The Hall–Kier alpha value is -0.120. The van der Waals surface area contributed by atoms with E-state index < -0.39 is 0 Å². The summed E-state index contributed by atoms with van der Waals surface area (Å²) in [5.74, 6) is 0.889. The van der Waals surface area contributed by atoms with Crippen molar-refractivity contribution in [3.63, 3.8) is 0 Å². The highest BCUT2D eigenvalue weighted by Crippen LogP contribution is 2.30. The van der Waals surface area contributed by atoms with E-state index >= 15 is 0 Å². The molecule has 0 amide bonds. The Morgan fingerprint density at radius 3 is 2.40 bits per heavy atom. The number of hydrogen-bond acceptors (Lipinski definition) is 3. The molecule has 0 atom stereocenters. The first-order valence-corrected chi connectivity index (χ1v) is 6.18. The molecule has 1 saturated carbocycles. The van der Waals surface area contributed by atoms with Gasteiger partial charge in [-0.1, -0.05) is 6.92 Å². The van der Waals surface area contributed by atoms with Gasteiger partial charge in [0.15, 0.2) is 0 Å². The Kier molecular flexibility index (Phi) is 5.03. The van der Waals surface area contributed by atoms with Crippen molar-refractivity contribution in [1.29, 1.82) is 0 Å². The molecule has 3 N–H and O–H groups in total. The van der Waals surface area contributed by atoms with Crippen molar-refractivity contribution < 1.29 is 0 Å². The van der Waals surface area contributed by atoms with Crippen LogP contribution in [0.3, 0.4) is 0 Å². The Bertz CT molecular complexity index is 172. The van der Waals surface area contributed by atoms with Crippen molar-refractivity contribution in [3.05, 3.63) is 0 Å². The lowest BCUT2D eigenvalue weighted by Crippen LogP contribution is -2.54. The zero-order valence-corrected chi connectivity index (χ0v) is 10.6. The average molecular weight is 213 g/mol. The third-order valence-electron chi connectivity index (χ3n) is 3.68. The van der Waals surface area contributed by atoms with Crippen LogP contribution in [0.1, 0.15) is 32.6 Å². The Morgan fingerprint density at radius 2 is 1.93 bits per heavy atom. The Morgan fingerprint density at radius 1 is 1.33 bits per heavy atom. The molecule has 0 aliphatic heterocycles. The number of nitrogens with two attached hydrogens (primary N) is 1. The summed E-state index contributed by atoms with van der Waals surface area (Å²) in [4.78, 5) is 2.21. The first-order valence-electron chi connectivity index (χ1n) is 6.18. The van der Waals surface area contributed by atoms with Crippen molar-refractivity contribution in [3.8, 4) is 0 Å². The standard InChI is InChI=1S/C12H27N3/c1-11-4-6-12(10-13,7-5-11)14-8-9-15(2)3/h11,14H,4-10,13H2,1-3H3. The summed E-state index contributed by atoms with van der Waals surface area (Å²) in [7, 11) is 4.22. The predicted molar refractivity (Wildman–Crippen MR) is 66.0 cm³/mol. The van der Waals surface area contributed by atoms with Crippen LogP contribution in [0.15, 0.2) is 0 Å². The lowest BCUT2D eigenvalue weighted by atomic mass is 9.77. The molecule has 0 aromatic rings. The van der Waals surface area contributed by atoms with Gasteiger partial charge in [-0.05, 0) is 45.7 Å². The summed E-state index contributed by atoms with van der Waals surface area (Å²) in [5, 5.41) is 3.67. The fraction of sp³-hybridized carbons (Fsp3) is 1.00. The van der Waals surface area contributed by atoms with Crippen LogP contribution in [-0.2, 0) is 0 Å². The van der Waals surface area contributed by atoms with Gasteiger partial charge in [-0.2, -0.15) is 0 Å². The maximum atomic E-state index is 5.92. The SMILES string of the molecule is CC1CCC(CN)(NCCN(C)C)CC1. The predicted octanol–water partition coefficient (Wildman–Crippen LogP) is 1.05. The van der Waals surface area contributed by atoms with Gasteiger partial charge in [0.2, 0.25) is 0 Å². The lowest BCUT2D eigenvalue weighted by Gasteiger charge is -2.39. The first kappa shape index (κ1) is 12.9. The number of rotatable bonds is 5. The van der Waals surface area contributed by atoms with Crippen LogP contribution in [0.4, 0.5) is 0 Å². The normalized spacial score (nSPS) is 32.2. The van der Waals surface area contributed by atoms with Gasteiger partial charge in [-0.3, -0.25) is 0 Å². The molecule has 3 nitrogen and oxygen atoms in total. The minimum absolute atomic E-state index is 0.239. The molecule has 1 aliphatic carbocycles. The molecule has 0 bridgehead atoms. The summed E-state index contributed by atoms with van der Waals surface area (Å²) in [6, 6.07) is 0. The Labute approximate surface area is 94.4 Å². The van der Waals surface area contributed by atoms with E-state index in [0.717, 1.165) is 25.6 Å². The van der Waals surface area contributed by atoms with E-state index in [4.69, 9.17) is 5.73 Å². The van der Waals surface area contributed by atoms with Crippen molar-refractivity contribution in [2.24, 2.45) is 11.7 Å². The third kappa shape index (κ3) is 4.09. The summed E-state index contributed by atoms with van der Waals surface area (Å²) in [6.07, 6.45) is 5.15. The molecule has 0 spiro atoms. The minimum atomic E-state index is 0.239. The molecule has 1 rings (SSSR count). The number of hydrogen-bond donors (Lipinski definition) is 2. The molecule has 0 radical (unpaired) electrons. The van der Waals surface area contributed by atoms with Gasteiger partial charge < -0.3 is 16.0 Å². The lowest BCUT2D eigenvalue weighted by molar-refractivity contribution is 0.197. The van der Waals surface area contributed by atoms with Crippen molar-refractivity contribution >= 4 is 0 Å². The average Bonchev–Trinajstić information content (AvgIpc) is 2.21. The van der Waals surface area contributed by atoms with Crippen molar-refractivity contribution in [2.45, 2.75) is 38.1 Å². The highest BCUT2D eigenvalue weighted by molar-refractivity contribution is 4.93. The molecule has 90 valence electrons. The first-order chi connectivity index (χ1) is 7.08. The second-order valence-corrected chi connectivity index (χ2v) is 5.40. The van der Waals surface area contributed by atoms with E-state index in [9.17, 15) is 0 Å². The van der Waals surface area contributed by atoms with E-state index in [-0.39, 0.29) is 5.54 Å². The van der Waals surface area contributed by atoms with Gasteiger partial charge in [-0.25, -0.2) is 0 Å². The second-order valence-electron chi connectivity index (χ2n) is 5.40. The van der Waals surface area contributed by atoms with Crippen molar-refractivity contribution in [2.75, 3.05) is 33.7 Å². The third-order valence-corrected chi connectivity index (χ3v) is 3.68. The molecule has 3 heteroatoms. The highest BCUT2D eigenvalue weighted by Gasteiger charge is 2.31. The van der Waals surface area contributed by atoms with Crippen LogP contribution in [0.2, 0.25) is 0 Å². The minimum Gasteiger partial charge on any atom is -0.329 e. The van der Waals surface area contributed by atoms with E-state index in [0.29, 0.717) is 0 Å². The van der Waals surface area contributed by atoms with Crippen LogP contribution in [0.5, 0.6) is 0 Å². The van der Waals surface area contributed by atoms with Crippen LogP contribution in [0, 0.1) is 5.92 Å². The van der Waals surface area contributed by atoms with E-state index in [1.165, 1.54) is 25.7 Å². The van der Waals surface area contributed by atoms with E-state index in [1.807, 2.05) is 0 Å². The van der Waals surface area contributed by atoms with Gasteiger partial charge >= 0.3 is 0 Å². The maximum absolute atomic E-state index is 5.92. The molecule has 0 heterocycles. The molecule has 15 heavy (non-hydrogen) atoms. The molecule has 0 aromatic heterocycles. The summed E-state index contributed by atoms with van der Waals surface area (Å²) < 4.78 is 0. The van der Waals surface area contributed by atoms with Crippen molar-refractivity contribution in [1.82, 2.24) is 10.2 Å². The second kappa shape index (κ2) is 5.83. The molecule has 1 fully saturated rings. The largest absolute Gasteiger partial charge is 0.329 e. The zero-order valence-electron chi connectivity index (χ0n) is 10.6. The number of likely N-dealkylation sites (N-methyl/N-ethyl adjacent to an activating group) is 1. The fourth-order valence-electron chi connectivity index (χ4n) is 2.31. The molecular formula is C12H27N3. The smallest absolute Gasteiger partial charge is 0.0304 e. The van der Waals surface area contributed by atoms with Crippen LogP contribution in [0.25, 0.3) is 0 Å². The molecule has 0 saturated heterocycles. The Balaban J connectivity index is 2.33. The van der Waals surface area contributed by atoms with E-state index in [1.54, 1.807) is 0 Å². The number of nitrogens with zero attached hydrogens (tertiary/aromatic N) is 1. The van der Waals surface area contributed by atoms with Gasteiger partial charge in [0, 0.05) is 25.2 Å². The quantitative estimate of drug-likeness (QED) is 0.717. The van der Waals surface area contributed by atoms with Gasteiger partial charge in [-0.15, -0.1) is 0 Å². The van der Waals surface area contributed by atoms with Gasteiger partial charge in [0.05, 0.1) is 0 Å². The summed E-state index contributed by atoms with van der Waals surface area (Å²) in [6.45, 7) is 5.28. The van der Waals surface area contributed by atoms with Crippen LogP contribution < -0.4 is 11.1 Å². The van der Waals surface area contributed by atoms with Crippen LogP contribution in [-0.4, -0.2) is 44.2 Å². The monoisotopic (exact) mass is 213 g/mol. The zero-order chi connectivity index (χ0) is 11.3. The summed E-state index contributed by atoms with van der Waals surface area (Å²) >= 11 is 0. The molecule has 1 aliphatic rings. The maximum Gasteiger partial charge on any atom is 0.0304 e. The van der Waals surface area contributed by atoms with Gasteiger partial charge in [0.1, 0.15) is 0 Å². The topological polar surface area (TPSA) is 41.3 Å². The molecule has 0 unspecified atom stereocenters. The van der Waals surface area contributed by atoms with Crippen LogP contribution >= 0.6 is 0 Å².